The molecule has 0 atom stereocenters. The predicted molar refractivity (Wildman–Crippen MR) is 72.4 cm³/mol. The van der Waals surface area contributed by atoms with E-state index in [1.165, 1.54) is 31.8 Å². The highest BCUT2D eigenvalue weighted by atomic mass is 79.9. The Morgan fingerprint density at radius 2 is 1.89 bits per heavy atom. The van der Waals surface area contributed by atoms with Crippen molar-refractivity contribution in [3.63, 3.8) is 0 Å². The molecule has 7 heteroatoms. The largest absolute Gasteiger partial charge is 0.465 e. The van der Waals surface area contributed by atoms with E-state index in [1.54, 1.807) is 6.07 Å². The van der Waals surface area contributed by atoms with Gasteiger partial charge in [0, 0.05) is 0 Å². The maximum Gasteiger partial charge on any atom is 0.342 e. The Balaban J connectivity index is 2.59. The first-order valence-corrected chi connectivity index (χ1v) is 6.73. The Hall–Kier alpha value is -1.60. The molecule has 0 N–H and O–H groups in total. The van der Waals surface area contributed by atoms with Crippen LogP contribution in [0.4, 0.5) is 0 Å². The predicted octanol–water partition coefficient (Wildman–Crippen LogP) is 3.34. The Labute approximate surface area is 121 Å². The van der Waals surface area contributed by atoms with Gasteiger partial charge in [-0.05, 0) is 28.1 Å². The second kappa shape index (κ2) is 5.58. The molecule has 0 saturated heterocycles. The average Bonchev–Trinajstić information content (AvgIpc) is 3.02. The monoisotopic (exact) mass is 344 g/mol. The molecule has 2 heterocycles. The van der Waals surface area contributed by atoms with Crippen LogP contribution in [0, 0.1) is 0 Å². The van der Waals surface area contributed by atoms with Gasteiger partial charge < -0.3 is 13.9 Å². The van der Waals surface area contributed by atoms with Crippen LogP contribution < -0.4 is 0 Å². The zero-order chi connectivity index (χ0) is 14.0. The highest BCUT2D eigenvalue weighted by Crippen LogP contribution is 2.36. The summed E-state index contributed by atoms with van der Waals surface area (Å²) >= 11 is 4.71. The van der Waals surface area contributed by atoms with E-state index in [9.17, 15) is 9.59 Å². The number of rotatable bonds is 3. The summed E-state index contributed by atoms with van der Waals surface area (Å²) in [5.74, 6) is -0.998. The minimum absolute atomic E-state index is 0.0499. The van der Waals surface area contributed by atoms with Gasteiger partial charge in [-0.15, -0.1) is 11.3 Å². The van der Waals surface area contributed by atoms with Gasteiger partial charge in [0.25, 0.3) is 0 Å². The Kier molecular flexibility index (Phi) is 4.06. The number of thiophene rings is 1. The number of esters is 2. The molecule has 5 nitrogen and oxygen atoms in total. The number of ether oxygens (including phenoxy) is 2. The van der Waals surface area contributed by atoms with Crippen LogP contribution in [0.15, 0.2) is 26.6 Å². The van der Waals surface area contributed by atoms with Crippen molar-refractivity contribution in [2.24, 2.45) is 0 Å². The second-order valence-electron chi connectivity index (χ2n) is 3.44. The first kappa shape index (κ1) is 13.8. The topological polar surface area (TPSA) is 65.7 Å². The van der Waals surface area contributed by atoms with E-state index in [0.717, 1.165) is 3.79 Å². The third kappa shape index (κ3) is 2.57. The highest BCUT2D eigenvalue weighted by Gasteiger charge is 2.28. The molecule has 2 aromatic rings. The van der Waals surface area contributed by atoms with E-state index < -0.39 is 11.9 Å². The maximum atomic E-state index is 11.8. The molecule has 0 amide bonds. The molecule has 0 radical (unpaired) electrons. The first-order chi connectivity index (χ1) is 9.08. The molecule has 0 bridgehead atoms. The summed E-state index contributed by atoms with van der Waals surface area (Å²) in [6.07, 6.45) is 1.20. The minimum Gasteiger partial charge on any atom is -0.465 e. The summed E-state index contributed by atoms with van der Waals surface area (Å²) < 4.78 is 15.5. The highest BCUT2D eigenvalue weighted by molar-refractivity contribution is 9.11. The van der Waals surface area contributed by atoms with Crippen molar-refractivity contribution in [2.75, 3.05) is 14.2 Å². The van der Waals surface area contributed by atoms with Gasteiger partial charge in [0.05, 0.1) is 22.9 Å². The molecule has 0 saturated carbocycles. The molecule has 100 valence electrons. The van der Waals surface area contributed by atoms with Crippen LogP contribution in [0.5, 0.6) is 0 Å². The van der Waals surface area contributed by atoms with E-state index in [2.05, 4.69) is 25.4 Å². The number of methoxy groups -OCH3 is 2. The quantitative estimate of drug-likeness (QED) is 0.799. The van der Waals surface area contributed by atoms with Crippen LogP contribution in [0.2, 0.25) is 0 Å². The van der Waals surface area contributed by atoms with Crippen LogP contribution in [-0.2, 0) is 9.47 Å². The van der Waals surface area contributed by atoms with Gasteiger partial charge in [-0.1, -0.05) is 0 Å². The Bertz CT molecular complexity index is 628. The van der Waals surface area contributed by atoms with Crippen molar-refractivity contribution in [3.8, 4) is 10.6 Å². The lowest BCUT2D eigenvalue weighted by atomic mass is 10.1. The van der Waals surface area contributed by atoms with Gasteiger partial charge in [0.1, 0.15) is 17.4 Å². The van der Waals surface area contributed by atoms with Gasteiger partial charge >= 0.3 is 11.9 Å². The number of hydrogen-bond donors (Lipinski definition) is 0. The molecular formula is C12H9BrO5S. The van der Waals surface area contributed by atoms with Gasteiger partial charge in [0.2, 0.25) is 0 Å². The Morgan fingerprint density at radius 3 is 2.42 bits per heavy atom. The van der Waals surface area contributed by atoms with Crippen LogP contribution in [0.1, 0.15) is 20.7 Å². The molecule has 2 rings (SSSR count). The van der Waals surface area contributed by atoms with Gasteiger partial charge in [0.15, 0.2) is 5.76 Å². The zero-order valence-corrected chi connectivity index (χ0v) is 12.5. The van der Waals surface area contributed by atoms with Crippen molar-refractivity contribution in [2.45, 2.75) is 0 Å². The molecule has 0 aromatic carbocycles. The molecule has 0 aliphatic rings. The van der Waals surface area contributed by atoms with E-state index in [1.807, 2.05) is 6.07 Å². The standard InChI is InChI=1S/C12H9BrO5S/c1-16-11(14)6-5-18-10(9(6)12(15)17-2)7-3-4-8(13)19-7/h3-5H,1-2H3. The first-order valence-electron chi connectivity index (χ1n) is 5.12. The Morgan fingerprint density at radius 1 is 1.21 bits per heavy atom. The summed E-state index contributed by atoms with van der Waals surface area (Å²) in [6.45, 7) is 0. The van der Waals surface area contributed by atoms with Gasteiger partial charge in [-0.25, -0.2) is 9.59 Å². The molecule has 0 aliphatic heterocycles. The summed E-state index contributed by atoms with van der Waals surface area (Å²) in [5.41, 5.74) is 0.123. The fourth-order valence-corrected chi connectivity index (χ4v) is 2.92. The zero-order valence-electron chi connectivity index (χ0n) is 10.1. The van der Waals surface area contributed by atoms with Crippen molar-refractivity contribution in [1.29, 1.82) is 0 Å². The molecule has 0 unspecified atom stereocenters. The van der Waals surface area contributed by atoms with E-state index in [-0.39, 0.29) is 11.1 Å². The van der Waals surface area contributed by atoms with Crippen LogP contribution >= 0.6 is 27.3 Å². The normalized spacial score (nSPS) is 10.3. The van der Waals surface area contributed by atoms with Crippen LogP contribution in [0.25, 0.3) is 10.6 Å². The fraction of sp³-hybridized carbons (Fsp3) is 0.167. The molecular weight excluding hydrogens is 336 g/mol. The van der Waals surface area contributed by atoms with Gasteiger partial charge in [-0.2, -0.15) is 0 Å². The fourth-order valence-electron chi connectivity index (χ4n) is 1.54. The summed E-state index contributed by atoms with van der Waals surface area (Å²) in [6, 6.07) is 3.60. The van der Waals surface area contributed by atoms with Crippen molar-refractivity contribution in [3.05, 3.63) is 33.3 Å². The number of furan rings is 1. The van der Waals surface area contributed by atoms with E-state index in [4.69, 9.17) is 4.42 Å². The molecule has 0 fully saturated rings. The number of hydrogen-bond acceptors (Lipinski definition) is 6. The summed E-state index contributed by atoms with van der Waals surface area (Å²) in [7, 11) is 2.47. The van der Waals surface area contributed by atoms with Crippen molar-refractivity contribution >= 4 is 39.2 Å². The lowest BCUT2D eigenvalue weighted by Crippen LogP contribution is -2.10. The smallest absolute Gasteiger partial charge is 0.342 e. The second-order valence-corrected chi connectivity index (χ2v) is 5.90. The maximum absolute atomic E-state index is 11.8. The SMILES string of the molecule is COC(=O)c1coc(-c2ccc(Br)s2)c1C(=O)OC. The third-order valence-corrected chi connectivity index (χ3v) is 4.01. The lowest BCUT2D eigenvalue weighted by molar-refractivity contribution is 0.0557. The van der Waals surface area contributed by atoms with Crippen molar-refractivity contribution in [1.82, 2.24) is 0 Å². The third-order valence-electron chi connectivity index (χ3n) is 2.38. The minimum atomic E-state index is -0.647. The molecule has 0 aliphatic carbocycles. The van der Waals surface area contributed by atoms with Crippen LogP contribution in [-0.4, -0.2) is 26.2 Å². The summed E-state index contributed by atoms with van der Waals surface area (Å²) in [4.78, 5) is 24.1. The average molecular weight is 345 g/mol. The molecule has 19 heavy (non-hydrogen) atoms. The van der Waals surface area contributed by atoms with Crippen LogP contribution in [0.3, 0.4) is 0 Å². The summed E-state index contributed by atoms with van der Waals surface area (Å²) in [5, 5.41) is 0. The number of carbonyl (C=O) groups excluding carboxylic acids is 2. The molecule has 0 spiro atoms. The molecule has 2 aromatic heterocycles. The van der Waals surface area contributed by atoms with Gasteiger partial charge in [-0.3, -0.25) is 0 Å². The van der Waals surface area contributed by atoms with Crippen molar-refractivity contribution < 1.29 is 23.5 Å². The van der Waals surface area contributed by atoms with E-state index >= 15 is 0 Å². The number of halogens is 1. The number of carbonyl (C=O) groups is 2. The lowest BCUT2D eigenvalue weighted by Gasteiger charge is -2.01. The van der Waals surface area contributed by atoms with E-state index in [0.29, 0.717) is 10.6 Å².